The molecule has 2 aromatic rings. The number of hydrogen-bond acceptors (Lipinski definition) is 3. The van der Waals surface area contributed by atoms with E-state index >= 15 is 0 Å². The van der Waals surface area contributed by atoms with Gasteiger partial charge in [0.1, 0.15) is 10.3 Å². The number of benzene rings is 1. The van der Waals surface area contributed by atoms with E-state index in [1.807, 2.05) is 6.92 Å². The molecule has 0 fully saturated rings. The Morgan fingerprint density at radius 1 is 1.21 bits per heavy atom. The Labute approximate surface area is 120 Å². The van der Waals surface area contributed by atoms with Crippen molar-refractivity contribution in [3.8, 4) is 17.1 Å². The normalized spacial score (nSPS) is 10.7. The highest BCUT2D eigenvalue weighted by atomic mass is 35.5. The second-order valence-electron chi connectivity index (χ2n) is 4.02. The van der Waals surface area contributed by atoms with Crippen molar-refractivity contribution in [2.24, 2.45) is 0 Å². The molecule has 0 aliphatic carbocycles. The second kappa shape index (κ2) is 5.72. The predicted molar refractivity (Wildman–Crippen MR) is 73.1 cm³/mol. The van der Waals surface area contributed by atoms with Crippen molar-refractivity contribution in [2.75, 3.05) is 0 Å². The molecule has 0 aliphatic rings. The third-order valence-corrected chi connectivity index (χ3v) is 3.24. The van der Waals surface area contributed by atoms with Crippen LogP contribution in [0.4, 0.5) is 4.39 Å². The van der Waals surface area contributed by atoms with Gasteiger partial charge in [-0.1, -0.05) is 36.5 Å². The number of phenolic OH excluding ortho intramolecular Hbond substituents is 1. The Bertz CT molecular complexity index is 597. The molecule has 0 aliphatic heterocycles. The summed E-state index contributed by atoms with van der Waals surface area (Å²) in [5, 5.41) is 9.68. The number of aromatic nitrogens is 2. The van der Waals surface area contributed by atoms with Crippen molar-refractivity contribution < 1.29 is 9.50 Å². The van der Waals surface area contributed by atoms with Gasteiger partial charge in [-0.2, -0.15) is 0 Å². The average Bonchev–Trinajstić information content (AvgIpc) is 2.37. The highest BCUT2D eigenvalue weighted by Gasteiger charge is 2.13. The first kappa shape index (κ1) is 14.0. The Hall–Kier alpha value is -1.39. The fourth-order valence-electron chi connectivity index (χ4n) is 1.66. The van der Waals surface area contributed by atoms with Gasteiger partial charge in [-0.3, -0.25) is 0 Å². The molecular formula is C13H11Cl2FN2O. The summed E-state index contributed by atoms with van der Waals surface area (Å²) in [6.07, 6.45) is 1.55. The van der Waals surface area contributed by atoms with E-state index in [0.29, 0.717) is 17.5 Å². The van der Waals surface area contributed by atoms with Crippen LogP contribution in [-0.4, -0.2) is 15.1 Å². The number of aromatic hydroxyl groups is 1. The predicted octanol–water partition coefficient (Wildman–Crippen LogP) is 4.25. The summed E-state index contributed by atoms with van der Waals surface area (Å²) < 4.78 is 13.3. The summed E-state index contributed by atoms with van der Waals surface area (Å²) >= 11 is 12.1. The quantitative estimate of drug-likeness (QED) is 0.862. The van der Waals surface area contributed by atoms with Crippen molar-refractivity contribution in [3.05, 3.63) is 39.9 Å². The molecule has 2 rings (SSSR count). The zero-order valence-corrected chi connectivity index (χ0v) is 11.6. The topological polar surface area (TPSA) is 46.0 Å². The third-order valence-electron chi connectivity index (χ3n) is 2.61. The van der Waals surface area contributed by atoms with Crippen molar-refractivity contribution in [3.63, 3.8) is 0 Å². The highest BCUT2D eigenvalue weighted by Crippen LogP contribution is 2.28. The van der Waals surface area contributed by atoms with Crippen LogP contribution >= 0.6 is 23.2 Å². The molecule has 19 heavy (non-hydrogen) atoms. The van der Waals surface area contributed by atoms with E-state index in [2.05, 4.69) is 9.97 Å². The number of nitrogens with zero attached hydrogens (tertiary/aromatic N) is 2. The van der Waals surface area contributed by atoms with Crippen molar-refractivity contribution in [1.82, 2.24) is 9.97 Å². The molecule has 1 aromatic carbocycles. The molecule has 1 N–H and O–H groups in total. The molecule has 0 saturated heterocycles. The van der Waals surface area contributed by atoms with E-state index in [-0.39, 0.29) is 16.1 Å². The third kappa shape index (κ3) is 2.96. The van der Waals surface area contributed by atoms with Gasteiger partial charge in [0.25, 0.3) is 0 Å². The van der Waals surface area contributed by atoms with Crippen LogP contribution in [0.5, 0.6) is 5.75 Å². The Morgan fingerprint density at radius 3 is 2.37 bits per heavy atom. The van der Waals surface area contributed by atoms with Gasteiger partial charge >= 0.3 is 0 Å². The van der Waals surface area contributed by atoms with Crippen LogP contribution in [0.15, 0.2) is 18.2 Å². The standard InChI is InChI=1S/C13H11Cl2FN2O/c1-2-3-8-11(14)17-13(18-12(8)15)7-4-5-10(19)9(16)6-7/h4-6,19H,2-3H2,1H3. The number of rotatable bonds is 3. The molecule has 6 heteroatoms. The van der Waals surface area contributed by atoms with Gasteiger partial charge in [0, 0.05) is 11.1 Å². The summed E-state index contributed by atoms with van der Waals surface area (Å²) in [5.74, 6) is -0.941. The molecule has 0 unspecified atom stereocenters. The van der Waals surface area contributed by atoms with Gasteiger partial charge < -0.3 is 5.11 Å². The molecule has 3 nitrogen and oxygen atoms in total. The SMILES string of the molecule is CCCc1c(Cl)nc(-c2ccc(O)c(F)c2)nc1Cl. The minimum atomic E-state index is -0.744. The Kier molecular flexibility index (Phi) is 4.22. The van der Waals surface area contributed by atoms with E-state index < -0.39 is 11.6 Å². The summed E-state index contributed by atoms with van der Waals surface area (Å²) in [6.45, 7) is 2.00. The molecule has 0 amide bonds. The van der Waals surface area contributed by atoms with Crippen LogP contribution in [0.3, 0.4) is 0 Å². The van der Waals surface area contributed by atoms with Crippen molar-refractivity contribution >= 4 is 23.2 Å². The van der Waals surface area contributed by atoms with Crippen LogP contribution in [-0.2, 0) is 6.42 Å². The monoisotopic (exact) mass is 300 g/mol. The minimum Gasteiger partial charge on any atom is -0.505 e. The molecule has 0 radical (unpaired) electrons. The molecule has 0 saturated carbocycles. The Balaban J connectivity index is 2.48. The summed E-state index contributed by atoms with van der Waals surface area (Å²) in [4.78, 5) is 8.23. The first-order chi connectivity index (χ1) is 9.02. The van der Waals surface area contributed by atoms with E-state index in [1.165, 1.54) is 12.1 Å². The summed E-state index contributed by atoms with van der Waals surface area (Å²) in [5.41, 5.74) is 1.09. The van der Waals surface area contributed by atoms with Crippen molar-refractivity contribution in [2.45, 2.75) is 19.8 Å². The molecule has 0 spiro atoms. The average molecular weight is 301 g/mol. The van der Waals surface area contributed by atoms with Gasteiger partial charge in [-0.15, -0.1) is 0 Å². The van der Waals surface area contributed by atoms with Gasteiger partial charge in [0.15, 0.2) is 17.4 Å². The fourth-order valence-corrected chi connectivity index (χ4v) is 2.24. The summed E-state index contributed by atoms with van der Waals surface area (Å²) in [7, 11) is 0. The largest absolute Gasteiger partial charge is 0.505 e. The van der Waals surface area contributed by atoms with E-state index in [4.69, 9.17) is 28.3 Å². The number of hydrogen-bond donors (Lipinski definition) is 1. The first-order valence-electron chi connectivity index (χ1n) is 5.73. The smallest absolute Gasteiger partial charge is 0.165 e. The maximum atomic E-state index is 13.3. The number of phenols is 1. The molecule has 0 atom stereocenters. The maximum Gasteiger partial charge on any atom is 0.165 e. The lowest BCUT2D eigenvalue weighted by Crippen LogP contribution is -1.97. The van der Waals surface area contributed by atoms with Crippen LogP contribution in [0.1, 0.15) is 18.9 Å². The lowest BCUT2D eigenvalue weighted by molar-refractivity contribution is 0.432. The van der Waals surface area contributed by atoms with Crippen LogP contribution < -0.4 is 0 Å². The molecule has 100 valence electrons. The maximum absolute atomic E-state index is 13.3. The molecule has 1 aromatic heterocycles. The molecular weight excluding hydrogens is 290 g/mol. The highest BCUT2D eigenvalue weighted by molar-refractivity contribution is 6.34. The van der Waals surface area contributed by atoms with Crippen molar-refractivity contribution in [1.29, 1.82) is 0 Å². The lowest BCUT2D eigenvalue weighted by atomic mass is 10.1. The molecule has 1 heterocycles. The van der Waals surface area contributed by atoms with E-state index in [1.54, 1.807) is 0 Å². The zero-order chi connectivity index (χ0) is 14.0. The lowest BCUT2D eigenvalue weighted by Gasteiger charge is -2.07. The summed E-state index contributed by atoms with van der Waals surface area (Å²) in [6, 6.07) is 3.87. The van der Waals surface area contributed by atoms with Crippen LogP contribution in [0.2, 0.25) is 10.3 Å². The fraction of sp³-hybridized carbons (Fsp3) is 0.231. The van der Waals surface area contributed by atoms with Gasteiger partial charge in [0.2, 0.25) is 0 Å². The van der Waals surface area contributed by atoms with Crippen LogP contribution in [0.25, 0.3) is 11.4 Å². The second-order valence-corrected chi connectivity index (χ2v) is 4.74. The Morgan fingerprint density at radius 2 is 1.84 bits per heavy atom. The molecule has 0 bridgehead atoms. The van der Waals surface area contributed by atoms with Gasteiger partial charge in [-0.05, 0) is 24.6 Å². The van der Waals surface area contributed by atoms with Crippen LogP contribution in [0, 0.1) is 5.82 Å². The minimum absolute atomic E-state index is 0.230. The van der Waals surface area contributed by atoms with Gasteiger partial charge in [-0.25, -0.2) is 14.4 Å². The number of halogens is 3. The van der Waals surface area contributed by atoms with E-state index in [9.17, 15) is 4.39 Å². The zero-order valence-electron chi connectivity index (χ0n) is 10.1. The van der Waals surface area contributed by atoms with Gasteiger partial charge in [0.05, 0.1) is 0 Å². The van der Waals surface area contributed by atoms with E-state index in [0.717, 1.165) is 12.5 Å². The first-order valence-corrected chi connectivity index (χ1v) is 6.49.